The topological polar surface area (TPSA) is 71.3 Å². The molecular formula is C20H18Cl2N4O2. The molecule has 1 saturated heterocycles. The van der Waals surface area contributed by atoms with E-state index < -0.39 is 0 Å². The van der Waals surface area contributed by atoms with E-state index in [9.17, 15) is 4.79 Å². The van der Waals surface area contributed by atoms with Crippen LogP contribution in [0.25, 0.3) is 11.4 Å². The molecule has 1 atom stereocenters. The first-order valence-electron chi connectivity index (χ1n) is 9.01. The van der Waals surface area contributed by atoms with Gasteiger partial charge in [-0.25, -0.2) is 4.79 Å². The second kappa shape index (κ2) is 8.20. The van der Waals surface area contributed by atoms with Gasteiger partial charge in [-0.2, -0.15) is 4.98 Å². The molecule has 1 aliphatic rings. The molecule has 1 aliphatic heterocycles. The molecule has 144 valence electrons. The van der Waals surface area contributed by atoms with E-state index in [4.69, 9.17) is 27.7 Å². The van der Waals surface area contributed by atoms with E-state index in [1.54, 1.807) is 23.1 Å². The highest BCUT2D eigenvalue weighted by atomic mass is 35.5. The summed E-state index contributed by atoms with van der Waals surface area (Å²) < 4.78 is 5.48. The molecule has 0 saturated carbocycles. The first-order chi connectivity index (χ1) is 13.6. The van der Waals surface area contributed by atoms with Crippen LogP contribution < -0.4 is 5.32 Å². The fourth-order valence-electron chi connectivity index (χ4n) is 3.26. The van der Waals surface area contributed by atoms with Crippen molar-refractivity contribution in [2.75, 3.05) is 18.4 Å². The van der Waals surface area contributed by atoms with Gasteiger partial charge in [-0.15, -0.1) is 0 Å². The molecule has 2 heterocycles. The third-order valence-corrected chi connectivity index (χ3v) is 5.54. The van der Waals surface area contributed by atoms with Crippen LogP contribution in [0.3, 0.4) is 0 Å². The van der Waals surface area contributed by atoms with Crippen LogP contribution in [0.1, 0.15) is 24.7 Å². The average molecular weight is 417 g/mol. The number of rotatable bonds is 3. The summed E-state index contributed by atoms with van der Waals surface area (Å²) in [5, 5.41) is 7.64. The Balaban J connectivity index is 1.45. The lowest BCUT2D eigenvalue weighted by Gasteiger charge is -2.31. The number of aromatic nitrogens is 2. The molecular weight excluding hydrogens is 399 g/mol. The largest absolute Gasteiger partial charge is 0.339 e. The Hall–Kier alpha value is -2.57. The summed E-state index contributed by atoms with van der Waals surface area (Å²) in [4.78, 5) is 18.9. The Labute approximate surface area is 172 Å². The number of hydrogen-bond donors (Lipinski definition) is 1. The van der Waals surface area contributed by atoms with Gasteiger partial charge in [0.25, 0.3) is 0 Å². The molecule has 2 aromatic carbocycles. The molecule has 6 nitrogen and oxygen atoms in total. The lowest BCUT2D eigenvalue weighted by Crippen LogP contribution is -2.41. The van der Waals surface area contributed by atoms with Gasteiger partial charge in [-0.3, -0.25) is 0 Å². The van der Waals surface area contributed by atoms with Crippen LogP contribution in [0.15, 0.2) is 53.1 Å². The molecule has 4 rings (SSSR count). The smallest absolute Gasteiger partial charge is 0.321 e. The number of piperidine rings is 1. The third-order valence-electron chi connectivity index (χ3n) is 4.72. The van der Waals surface area contributed by atoms with Crippen LogP contribution in [0.4, 0.5) is 10.5 Å². The molecule has 0 bridgehead atoms. The third kappa shape index (κ3) is 3.98. The van der Waals surface area contributed by atoms with Gasteiger partial charge in [-0.1, -0.05) is 64.8 Å². The Morgan fingerprint density at radius 1 is 1.14 bits per heavy atom. The van der Waals surface area contributed by atoms with Crippen molar-refractivity contribution in [2.24, 2.45) is 0 Å². The molecule has 3 aromatic rings. The number of anilines is 1. The average Bonchev–Trinajstić information content (AvgIpc) is 3.22. The lowest BCUT2D eigenvalue weighted by molar-refractivity contribution is 0.184. The van der Waals surface area contributed by atoms with Crippen molar-refractivity contribution < 1.29 is 9.32 Å². The highest BCUT2D eigenvalue weighted by Crippen LogP contribution is 2.31. The molecule has 1 fully saturated rings. The number of benzene rings is 2. The summed E-state index contributed by atoms with van der Waals surface area (Å²) in [6.45, 7) is 1.15. The molecule has 0 spiro atoms. The SMILES string of the molecule is O=C(Nc1cccc(Cl)c1Cl)N1CCCC(c2nc(-c3ccccc3)no2)C1. The van der Waals surface area contributed by atoms with E-state index in [1.807, 2.05) is 30.3 Å². The number of carbonyl (C=O) groups excluding carboxylic acids is 1. The maximum atomic E-state index is 12.7. The summed E-state index contributed by atoms with van der Waals surface area (Å²) in [5.41, 5.74) is 1.39. The number of urea groups is 1. The van der Waals surface area contributed by atoms with E-state index in [0.29, 0.717) is 40.5 Å². The Bertz CT molecular complexity index is 977. The minimum atomic E-state index is -0.225. The second-order valence-corrected chi connectivity index (χ2v) is 7.42. The zero-order valence-electron chi connectivity index (χ0n) is 14.9. The van der Waals surface area contributed by atoms with Crippen LogP contribution in [-0.2, 0) is 0 Å². The number of amides is 2. The summed E-state index contributed by atoms with van der Waals surface area (Å²) in [6, 6.07) is 14.6. The Morgan fingerprint density at radius 2 is 1.96 bits per heavy atom. The van der Waals surface area contributed by atoms with Gasteiger partial charge in [0, 0.05) is 18.7 Å². The van der Waals surface area contributed by atoms with Gasteiger partial charge in [-0.05, 0) is 25.0 Å². The van der Waals surface area contributed by atoms with Crippen LogP contribution in [0.5, 0.6) is 0 Å². The molecule has 1 aromatic heterocycles. The fraction of sp³-hybridized carbons (Fsp3) is 0.250. The van der Waals surface area contributed by atoms with Crippen LogP contribution in [0.2, 0.25) is 10.0 Å². The quantitative estimate of drug-likeness (QED) is 0.615. The fourth-order valence-corrected chi connectivity index (χ4v) is 3.61. The normalized spacial score (nSPS) is 16.8. The summed E-state index contributed by atoms with van der Waals surface area (Å²) >= 11 is 12.2. The van der Waals surface area contributed by atoms with Gasteiger partial charge in [0.15, 0.2) is 0 Å². The summed E-state index contributed by atoms with van der Waals surface area (Å²) in [5.74, 6) is 1.11. The van der Waals surface area contributed by atoms with Gasteiger partial charge < -0.3 is 14.7 Å². The predicted octanol–water partition coefficient (Wildman–Crippen LogP) is 5.45. The van der Waals surface area contributed by atoms with E-state index in [0.717, 1.165) is 18.4 Å². The van der Waals surface area contributed by atoms with E-state index >= 15 is 0 Å². The van der Waals surface area contributed by atoms with Crippen molar-refractivity contribution >= 4 is 34.9 Å². The highest BCUT2D eigenvalue weighted by molar-refractivity contribution is 6.43. The Morgan fingerprint density at radius 3 is 2.79 bits per heavy atom. The lowest BCUT2D eigenvalue weighted by atomic mass is 9.98. The number of nitrogens with zero attached hydrogens (tertiary/aromatic N) is 3. The molecule has 2 amide bonds. The van der Waals surface area contributed by atoms with E-state index in [2.05, 4.69) is 15.5 Å². The summed E-state index contributed by atoms with van der Waals surface area (Å²) in [6.07, 6.45) is 1.74. The Kier molecular flexibility index (Phi) is 5.50. The highest BCUT2D eigenvalue weighted by Gasteiger charge is 2.29. The van der Waals surface area contributed by atoms with Crippen molar-refractivity contribution in [1.29, 1.82) is 0 Å². The van der Waals surface area contributed by atoms with E-state index in [1.165, 1.54) is 0 Å². The zero-order chi connectivity index (χ0) is 19.5. The van der Waals surface area contributed by atoms with Crippen molar-refractivity contribution in [3.05, 3.63) is 64.5 Å². The summed E-state index contributed by atoms with van der Waals surface area (Å²) in [7, 11) is 0. The van der Waals surface area contributed by atoms with Gasteiger partial charge in [0.05, 0.1) is 21.7 Å². The molecule has 28 heavy (non-hydrogen) atoms. The maximum Gasteiger partial charge on any atom is 0.321 e. The minimum Gasteiger partial charge on any atom is -0.339 e. The second-order valence-electron chi connectivity index (χ2n) is 6.64. The van der Waals surface area contributed by atoms with Crippen LogP contribution in [-0.4, -0.2) is 34.2 Å². The van der Waals surface area contributed by atoms with Crippen LogP contribution in [0, 0.1) is 0 Å². The molecule has 8 heteroatoms. The number of hydrogen-bond acceptors (Lipinski definition) is 4. The van der Waals surface area contributed by atoms with Crippen molar-refractivity contribution in [2.45, 2.75) is 18.8 Å². The van der Waals surface area contributed by atoms with E-state index in [-0.39, 0.29) is 11.9 Å². The standard InChI is InChI=1S/C20H18Cl2N4O2/c21-15-9-4-10-16(17(15)22)23-20(27)26-11-5-8-14(12-26)19-24-18(25-28-19)13-6-2-1-3-7-13/h1-4,6-7,9-10,14H,5,8,11-12H2,(H,23,27). The number of carbonyl (C=O) groups is 1. The zero-order valence-corrected chi connectivity index (χ0v) is 16.5. The molecule has 1 unspecified atom stereocenters. The van der Waals surface area contributed by atoms with Gasteiger partial charge >= 0.3 is 6.03 Å². The van der Waals surface area contributed by atoms with Crippen molar-refractivity contribution in [3.8, 4) is 11.4 Å². The first kappa shape index (κ1) is 18.8. The first-order valence-corrected chi connectivity index (χ1v) is 9.76. The van der Waals surface area contributed by atoms with Gasteiger partial charge in [0.2, 0.25) is 11.7 Å². The predicted molar refractivity (Wildman–Crippen MR) is 109 cm³/mol. The number of nitrogens with one attached hydrogen (secondary N) is 1. The molecule has 1 N–H and O–H groups in total. The van der Waals surface area contributed by atoms with Gasteiger partial charge in [0.1, 0.15) is 0 Å². The van der Waals surface area contributed by atoms with Crippen LogP contribution >= 0.6 is 23.2 Å². The molecule has 0 radical (unpaired) electrons. The maximum absolute atomic E-state index is 12.7. The van der Waals surface area contributed by atoms with Crippen molar-refractivity contribution in [3.63, 3.8) is 0 Å². The minimum absolute atomic E-state index is 0.000652. The monoisotopic (exact) mass is 416 g/mol. The number of halogens is 2. The molecule has 0 aliphatic carbocycles. The van der Waals surface area contributed by atoms with Crippen molar-refractivity contribution in [1.82, 2.24) is 15.0 Å². The number of likely N-dealkylation sites (tertiary alicyclic amines) is 1.